The standard InChI is InChI=1S/C13H16N2O2/c1-17-9-5-6-11-10(8-9)14-13(16)12-4-2-3-7-15(11)12/h5-6,8,12H,2-4,7H2,1H3,(H,14,16). The molecule has 0 spiro atoms. The molecule has 17 heavy (non-hydrogen) atoms. The molecule has 1 amide bonds. The number of piperidine rings is 1. The molecule has 0 aromatic heterocycles. The van der Waals surface area contributed by atoms with E-state index in [9.17, 15) is 4.79 Å². The van der Waals surface area contributed by atoms with Crippen molar-refractivity contribution < 1.29 is 9.53 Å². The molecule has 1 unspecified atom stereocenters. The summed E-state index contributed by atoms with van der Waals surface area (Å²) >= 11 is 0. The zero-order valence-electron chi connectivity index (χ0n) is 9.90. The number of amides is 1. The molecular formula is C13H16N2O2. The predicted molar refractivity (Wildman–Crippen MR) is 66.6 cm³/mol. The number of fused-ring (bicyclic) bond motifs is 3. The normalized spacial score (nSPS) is 22.5. The highest BCUT2D eigenvalue weighted by atomic mass is 16.5. The fraction of sp³-hybridized carbons (Fsp3) is 0.462. The summed E-state index contributed by atoms with van der Waals surface area (Å²) in [7, 11) is 1.63. The highest BCUT2D eigenvalue weighted by Gasteiger charge is 2.34. The van der Waals surface area contributed by atoms with Crippen LogP contribution in [0.4, 0.5) is 11.4 Å². The number of carbonyl (C=O) groups is 1. The van der Waals surface area contributed by atoms with Crippen LogP contribution in [0.15, 0.2) is 18.2 Å². The third-order valence-corrected chi connectivity index (χ3v) is 3.58. The van der Waals surface area contributed by atoms with Crippen LogP contribution in [0.25, 0.3) is 0 Å². The van der Waals surface area contributed by atoms with Crippen molar-refractivity contribution in [2.45, 2.75) is 25.3 Å². The number of ether oxygens (including phenoxy) is 1. The van der Waals surface area contributed by atoms with Gasteiger partial charge in [0.1, 0.15) is 11.8 Å². The molecular weight excluding hydrogens is 216 g/mol. The van der Waals surface area contributed by atoms with E-state index in [1.54, 1.807) is 7.11 Å². The highest BCUT2D eigenvalue weighted by molar-refractivity contribution is 6.03. The number of rotatable bonds is 1. The van der Waals surface area contributed by atoms with Crippen molar-refractivity contribution in [3.05, 3.63) is 18.2 Å². The van der Waals surface area contributed by atoms with Crippen molar-refractivity contribution in [1.82, 2.24) is 0 Å². The van der Waals surface area contributed by atoms with E-state index in [0.717, 1.165) is 42.9 Å². The summed E-state index contributed by atoms with van der Waals surface area (Å²) in [5.74, 6) is 0.893. The molecule has 2 aliphatic heterocycles. The van der Waals surface area contributed by atoms with Crippen molar-refractivity contribution in [2.75, 3.05) is 23.9 Å². The van der Waals surface area contributed by atoms with Gasteiger partial charge in [-0.2, -0.15) is 0 Å². The molecule has 1 aromatic carbocycles. The van der Waals surface area contributed by atoms with E-state index in [1.165, 1.54) is 0 Å². The summed E-state index contributed by atoms with van der Waals surface area (Å²) in [6, 6.07) is 5.89. The van der Waals surface area contributed by atoms with Gasteiger partial charge in [-0.25, -0.2) is 0 Å². The monoisotopic (exact) mass is 232 g/mol. The minimum absolute atomic E-state index is 0.0182. The maximum Gasteiger partial charge on any atom is 0.247 e. The Labute approximate surface area is 101 Å². The van der Waals surface area contributed by atoms with E-state index in [4.69, 9.17) is 4.74 Å². The highest BCUT2D eigenvalue weighted by Crippen LogP contribution is 2.37. The molecule has 2 aliphatic rings. The molecule has 4 heteroatoms. The van der Waals surface area contributed by atoms with Gasteiger partial charge in [-0.05, 0) is 31.4 Å². The fourth-order valence-corrected chi connectivity index (χ4v) is 2.70. The molecule has 0 bridgehead atoms. The Balaban J connectivity index is 2.02. The molecule has 1 saturated heterocycles. The van der Waals surface area contributed by atoms with Crippen LogP contribution in [0, 0.1) is 0 Å². The molecule has 1 N–H and O–H groups in total. The fourth-order valence-electron chi connectivity index (χ4n) is 2.70. The van der Waals surface area contributed by atoms with Crippen LogP contribution in [0.3, 0.4) is 0 Å². The second-order valence-corrected chi connectivity index (χ2v) is 4.58. The van der Waals surface area contributed by atoms with Crippen molar-refractivity contribution in [2.24, 2.45) is 0 Å². The third kappa shape index (κ3) is 1.64. The Morgan fingerprint density at radius 2 is 2.29 bits per heavy atom. The van der Waals surface area contributed by atoms with E-state index in [-0.39, 0.29) is 11.9 Å². The average Bonchev–Trinajstić information content (AvgIpc) is 2.38. The number of benzene rings is 1. The number of methoxy groups -OCH3 is 1. The topological polar surface area (TPSA) is 41.6 Å². The van der Waals surface area contributed by atoms with Crippen LogP contribution < -0.4 is 15.0 Å². The second kappa shape index (κ2) is 3.95. The van der Waals surface area contributed by atoms with E-state index >= 15 is 0 Å². The van der Waals surface area contributed by atoms with Crippen molar-refractivity contribution in [1.29, 1.82) is 0 Å². The number of nitrogens with one attached hydrogen (secondary N) is 1. The van der Waals surface area contributed by atoms with Gasteiger partial charge >= 0.3 is 0 Å². The molecule has 4 nitrogen and oxygen atoms in total. The maximum absolute atomic E-state index is 12.0. The number of hydrogen-bond acceptors (Lipinski definition) is 3. The lowest BCUT2D eigenvalue weighted by Crippen LogP contribution is -2.50. The lowest BCUT2D eigenvalue weighted by Gasteiger charge is -2.41. The summed E-state index contributed by atoms with van der Waals surface area (Å²) < 4.78 is 5.18. The second-order valence-electron chi connectivity index (χ2n) is 4.58. The van der Waals surface area contributed by atoms with Gasteiger partial charge in [0.2, 0.25) is 5.91 Å². The van der Waals surface area contributed by atoms with Crippen molar-refractivity contribution in [3.63, 3.8) is 0 Å². The van der Waals surface area contributed by atoms with E-state index in [0.29, 0.717) is 0 Å². The van der Waals surface area contributed by atoms with E-state index in [1.807, 2.05) is 18.2 Å². The van der Waals surface area contributed by atoms with Gasteiger partial charge in [0.15, 0.2) is 0 Å². The summed E-state index contributed by atoms with van der Waals surface area (Å²) in [6.45, 7) is 0.970. The molecule has 90 valence electrons. The van der Waals surface area contributed by atoms with Crippen LogP contribution in [0.1, 0.15) is 19.3 Å². The molecule has 1 fully saturated rings. The SMILES string of the molecule is COc1ccc2c(c1)NC(=O)C1CCCCN21. The van der Waals surface area contributed by atoms with Gasteiger partial charge in [-0.3, -0.25) is 4.79 Å². The van der Waals surface area contributed by atoms with Crippen LogP contribution in [0.5, 0.6) is 5.75 Å². The smallest absolute Gasteiger partial charge is 0.247 e. The maximum atomic E-state index is 12.0. The van der Waals surface area contributed by atoms with Crippen LogP contribution in [-0.4, -0.2) is 25.6 Å². The third-order valence-electron chi connectivity index (χ3n) is 3.58. The number of nitrogens with zero attached hydrogens (tertiary/aromatic N) is 1. The number of carbonyl (C=O) groups excluding carboxylic acids is 1. The van der Waals surface area contributed by atoms with E-state index < -0.39 is 0 Å². The summed E-state index contributed by atoms with van der Waals surface area (Å²) in [6.07, 6.45) is 3.26. The largest absolute Gasteiger partial charge is 0.497 e. The first kappa shape index (κ1) is 10.4. The molecule has 3 rings (SSSR count). The van der Waals surface area contributed by atoms with Gasteiger partial charge in [0.25, 0.3) is 0 Å². The molecule has 1 atom stereocenters. The lowest BCUT2D eigenvalue weighted by atomic mass is 9.97. The predicted octanol–water partition coefficient (Wildman–Crippen LogP) is 2.01. The average molecular weight is 232 g/mol. The Morgan fingerprint density at radius 3 is 3.12 bits per heavy atom. The van der Waals surface area contributed by atoms with E-state index in [2.05, 4.69) is 10.2 Å². The molecule has 2 heterocycles. The summed E-state index contributed by atoms with van der Waals surface area (Å²) in [4.78, 5) is 14.2. The minimum atomic E-state index is 0.0182. The van der Waals surface area contributed by atoms with Gasteiger partial charge < -0.3 is 15.0 Å². The molecule has 0 radical (unpaired) electrons. The first-order valence-electron chi connectivity index (χ1n) is 6.05. The Morgan fingerprint density at radius 1 is 1.41 bits per heavy atom. The Hall–Kier alpha value is -1.71. The summed E-state index contributed by atoms with van der Waals surface area (Å²) in [5.41, 5.74) is 1.99. The van der Waals surface area contributed by atoms with Crippen molar-refractivity contribution in [3.8, 4) is 5.75 Å². The minimum Gasteiger partial charge on any atom is -0.497 e. The quantitative estimate of drug-likeness (QED) is 0.805. The van der Waals surface area contributed by atoms with Gasteiger partial charge in [-0.1, -0.05) is 0 Å². The van der Waals surface area contributed by atoms with Crippen LogP contribution >= 0.6 is 0 Å². The van der Waals surface area contributed by atoms with Gasteiger partial charge in [-0.15, -0.1) is 0 Å². The van der Waals surface area contributed by atoms with Crippen LogP contribution in [0.2, 0.25) is 0 Å². The Kier molecular flexibility index (Phi) is 2.42. The lowest BCUT2D eigenvalue weighted by molar-refractivity contribution is -0.118. The first-order chi connectivity index (χ1) is 8.29. The van der Waals surface area contributed by atoms with Crippen molar-refractivity contribution >= 4 is 17.3 Å². The van der Waals surface area contributed by atoms with Crippen LogP contribution in [-0.2, 0) is 4.79 Å². The van der Waals surface area contributed by atoms with Gasteiger partial charge in [0.05, 0.1) is 18.5 Å². The first-order valence-corrected chi connectivity index (χ1v) is 6.05. The number of hydrogen-bond donors (Lipinski definition) is 1. The zero-order chi connectivity index (χ0) is 11.8. The van der Waals surface area contributed by atoms with Gasteiger partial charge in [0, 0.05) is 12.6 Å². The molecule has 0 aliphatic carbocycles. The number of anilines is 2. The molecule has 0 saturated carbocycles. The summed E-state index contributed by atoms with van der Waals surface area (Å²) in [5, 5.41) is 2.97. The Bertz CT molecular complexity index is 459. The zero-order valence-corrected chi connectivity index (χ0v) is 9.90. The molecule has 1 aromatic rings.